The summed E-state index contributed by atoms with van der Waals surface area (Å²) in [7, 11) is 1.50. The summed E-state index contributed by atoms with van der Waals surface area (Å²) in [5.41, 5.74) is 6.45. The highest BCUT2D eigenvalue weighted by Crippen LogP contribution is 2.36. The first-order valence-electron chi connectivity index (χ1n) is 10.4. The van der Waals surface area contributed by atoms with Gasteiger partial charge in [-0.2, -0.15) is 0 Å². The number of pyridine rings is 1. The van der Waals surface area contributed by atoms with Gasteiger partial charge in [0.1, 0.15) is 18.1 Å². The molecule has 0 radical (unpaired) electrons. The smallest absolute Gasteiger partial charge is 0.262 e. The maximum atomic E-state index is 12.5. The third kappa shape index (κ3) is 8.12. The molecule has 0 saturated carbocycles. The van der Waals surface area contributed by atoms with Gasteiger partial charge in [0.05, 0.1) is 16.1 Å². The van der Waals surface area contributed by atoms with E-state index in [1.165, 1.54) is 18.1 Å². The number of alkyl halides is 2. The molecule has 186 valence electrons. The van der Waals surface area contributed by atoms with Crippen LogP contribution in [0.5, 0.6) is 0 Å². The molecule has 0 saturated heterocycles. The molecule has 0 fully saturated rings. The highest BCUT2D eigenvalue weighted by atomic mass is 35.5. The molecule has 2 aromatic heterocycles. The van der Waals surface area contributed by atoms with Gasteiger partial charge in [0.15, 0.2) is 10.6 Å². The van der Waals surface area contributed by atoms with Crippen LogP contribution >= 0.6 is 46.4 Å². The van der Waals surface area contributed by atoms with Gasteiger partial charge in [0.25, 0.3) is 5.91 Å². The Balaban J connectivity index is 0.00000137. The average Bonchev–Trinajstić information content (AvgIpc) is 3.31. The third-order valence-electron chi connectivity index (χ3n) is 4.03. The van der Waals surface area contributed by atoms with Crippen LogP contribution in [0.3, 0.4) is 0 Å². The molecule has 7 nitrogen and oxygen atoms in total. The summed E-state index contributed by atoms with van der Waals surface area (Å²) in [6.45, 7) is 7.69. The molecule has 3 rings (SSSR count). The minimum atomic E-state index is -1.24. The minimum absolute atomic E-state index is 0.0211. The predicted octanol–water partition coefficient (Wildman–Crippen LogP) is 6.83. The zero-order valence-electron chi connectivity index (χ0n) is 19.6. The highest BCUT2D eigenvalue weighted by Gasteiger charge is 2.24. The molecule has 0 unspecified atom stereocenters. The summed E-state index contributed by atoms with van der Waals surface area (Å²) in [5.74, 6) is -0.148. The maximum absolute atomic E-state index is 12.5. The fraction of sp³-hybridized carbons (Fsp3) is 0.348. The van der Waals surface area contributed by atoms with E-state index in [4.69, 9.17) is 55.7 Å². The van der Waals surface area contributed by atoms with Crippen molar-refractivity contribution in [2.45, 2.75) is 38.6 Å². The number of anilines is 1. The first kappa shape index (κ1) is 30.2. The number of hydrogen-bond donors (Lipinski definition) is 1. The molecule has 2 heterocycles. The molecule has 1 aromatic carbocycles. The third-order valence-corrected chi connectivity index (χ3v) is 5.03. The van der Waals surface area contributed by atoms with Crippen molar-refractivity contribution in [3.05, 3.63) is 52.6 Å². The second kappa shape index (κ2) is 15.2. The Hall–Kier alpha value is -1.87. The summed E-state index contributed by atoms with van der Waals surface area (Å²) >= 11 is 24.1. The number of carbonyl (C=O) groups is 1. The molecule has 0 aliphatic heterocycles. The Labute approximate surface area is 220 Å². The Kier molecular flexibility index (Phi) is 13.5. The minimum Gasteiger partial charge on any atom is -0.358 e. The van der Waals surface area contributed by atoms with E-state index in [1.807, 2.05) is 27.7 Å². The molecule has 11 heteroatoms. The van der Waals surface area contributed by atoms with Crippen LogP contribution in [0.15, 0.2) is 47.1 Å². The molecular weight excluding hydrogens is 522 g/mol. The van der Waals surface area contributed by atoms with Gasteiger partial charge in [-0.05, 0) is 45.2 Å². The van der Waals surface area contributed by atoms with Crippen molar-refractivity contribution in [1.29, 1.82) is 0 Å². The number of rotatable bonds is 7. The van der Waals surface area contributed by atoms with Gasteiger partial charge in [-0.25, -0.2) is 0 Å². The maximum Gasteiger partial charge on any atom is 0.262 e. The van der Waals surface area contributed by atoms with E-state index < -0.39 is 10.7 Å². The molecule has 34 heavy (non-hydrogen) atoms. The van der Waals surface area contributed by atoms with Crippen molar-refractivity contribution in [3.8, 4) is 22.7 Å². The number of ether oxygens (including phenoxy) is 1. The van der Waals surface area contributed by atoms with Crippen molar-refractivity contribution in [3.63, 3.8) is 0 Å². The second-order valence-corrected chi connectivity index (χ2v) is 8.39. The van der Waals surface area contributed by atoms with Crippen LogP contribution < -0.4 is 10.6 Å². The molecule has 0 spiro atoms. The number of nitrogens with two attached hydrogens (primary N) is 1. The fourth-order valence-corrected chi connectivity index (χ4v) is 3.41. The monoisotopic (exact) mass is 548 g/mol. The number of carbonyl (C=O) groups excluding carboxylic acids is 1. The van der Waals surface area contributed by atoms with Gasteiger partial charge in [-0.1, -0.05) is 71.5 Å². The topological polar surface area (TPSA) is 94.5 Å². The molecule has 0 aliphatic rings. The summed E-state index contributed by atoms with van der Waals surface area (Å²) in [4.78, 5) is 16.9. The molecule has 0 aliphatic carbocycles. The standard InChI is InChI=1S/C20H17Cl4N3O3.C2H6.CH5N/c1-11(2)29-10-27(20(28)19(23)24)12-6-7-25-15(8-12)17-9-16(26-30-17)18-13(21)4-3-5-14(18)22;2*1-2/h3-9,11,19H,10H2,1-2H3;1-2H3;2H2,1H3. The van der Waals surface area contributed by atoms with Crippen LogP contribution in [0, 0.1) is 0 Å². The zero-order valence-corrected chi connectivity index (χ0v) is 22.6. The fourth-order valence-electron chi connectivity index (χ4n) is 2.59. The Bertz CT molecular complexity index is 1020. The predicted molar refractivity (Wildman–Crippen MR) is 141 cm³/mol. The van der Waals surface area contributed by atoms with E-state index in [2.05, 4.69) is 15.9 Å². The van der Waals surface area contributed by atoms with Gasteiger partial charge >= 0.3 is 0 Å². The molecule has 2 N–H and O–H groups in total. The zero-order chi connectivity index (χ0) is 25.8. The lowest BCUT2D eigenvalue weighted by atomic mass is 10.1. The molecule has 1 amide bonds. The summed E-state index contributed by atoms with van der Waals surface area (Å²) in [5, 5.41) is 4.94. The Morgan fingerprint density at radius 1 is 1.09 bits per heavy atom. The van der Waals surface area contributed by atoms with Gasteiger partial charge < -0.3 is 15.0 Å². The number of amides is 1. The van der Waals surface area contributed by atoms with E-state index in [0.29, 0.717) is 38.4 Å². The summed E-state index contributed by atoms with van der Waals surface area (Å²) in [6, 6.07) is 10.1. The van der Waals surface area contributed by atoms with Crippen LogP contribution in [0.25, 0.3) is 22.7 Å². The Morgan fingerprint density at radius 2 is 1.71 bits per heavy atom. The van der Waals surface area contributed by atoms with Crippen molar-refractivity contribution in [2.75, 3.05) is 18.7 Å². The average molecular weight is 550 g/mol. The van der Waals surface area contributed by atoms with E-state index >= 15 is 0 Å². The molecule has 0 atom stereocenters. The van der Waals surface area contributed by atoms with Crippen molar-refractivity contribution >= 4 is 58.0 Å². The number of benzene rings is 1. The van der Waals surface area contributed by atoms with Crippen LogP contribution in [0.4, 0.5) is 5.69 Å². The largest absolute Gasteiger partial charge is 0.358 e. The first-order chi connectivity index (χ1) is 16.3. The van der Waals surface area contributed by atoms with Crippen molar-refractivity contribution in [2.24, 2.45) is 5.73 Å². The van der Waals surface area contributed by atoms with Gasteiger partial charge in [0, 0.05) is 23.5 Å². The number of aromatic nitrogens is 2. The lowest BCUT2D eigenvalue weighted by Crippen LogP contribution is -2.37. The SMILES string of the molecule is CC.CC(C)OCN(C(=O)C(Cl)Cl)c1ccnc(-c2cc(-c3c(Cl)cccc3Cl)no2)c1.CN. The quantitative estimate of drug-likeness (QED) is 0.256. The van der Waals surface area contributed by atoms with Crippen LogP contribution in [-0.2, 0) is 9.53 Å². The lowest BCUT2D eigenvalue weighted by Gasteiger charge is -2.24. The lowest BCUT2D eigenvalue weighted by molar-refractivity contribution is -0.118. The van der Waals surface area contributed by atoms with E-state index in [0.717, 1.165) is 0 Å². The van der Waals surface area contributed by atoms with Gasteiger partial charge in [-0.3, -0.25) is 14.7 Å². The van der Waals surface area contributed by atoms with Gasteiger partial charge in [0.2, 0.25) is 0 Å². The van der Waals surface area contributed by atoms with Crippen LogP contribution in [0.1, 0.15) is 27.7 Å². The Morgan fingerprint density at radius 3 is 2.26 bits per heavy atom. The van der Waals surface area contributed by atoms with Gasteiger partial charge in [-0.15, -0.1) is 0 Å². The summed E-state index contributed by atoms with van der Waals surface area (Å²) < 4.78 is 11.0. The number of halogens is 4. The summed E-state index contributed by atoms with van der Waals surface area (Å²) in [6.07, 6.45) is 1.44. The second-order valence-electron chi connectivity index (χ2n) is 6.48. The number of nitrogens with zero attached hydrogens (tertiary/aromatic N) is 3. The van der Waals surface area contributed by atoms with Crippen molar-refractivity contribution in [1.82, 2.24) is 10.1 Å². The number of hydrogen-bond acceptors (Lipinski definition) is 6. The first-order valence-corrected chi connectivity index (χ1v) is 12.1. The highest BCUT2D eigenvalue weighted by molar-refractivity contribution is 6.54. The van der Waals surface area contributed by atoms with Crippen molar-refractivity contribution < 1.29 is 14.1 Å². The molecule has 0 bridgehead atoms. The van der Waals surface area contributed by atoms with E-state index in [1.54, 1.807) is 36.4 Å². The van der Waals surface area contributed by atoms with Crippen LogP contribution in [-0.4, -0.2) is 40.8 Å². The van der Waals surface area contributed by atoms with E-state index in [-0.39, 0.29) is 12.8 Å². The van der Waals surface area contributed by atoms with E-state index in [9.17, 15) is 4.79 Å². The normalized spacial score (nSPS) is 10.4. The molecular formula is C23H28Cl4N4O3. The molecule has 3 aromatic rings. The van der Waals surface area contributed by atoms with Crippen LogP contribution in [0.2, 0.25) is 10.0 Å².